The third-order valence-electron chi connectivity index (χ3n) is 7.96. The van der Waals surface area contributed by atoms with Gasteiger partial charge < -0.3 is 15.0 Å². The van der Waals surface area contributed by atoms with Crippen molar-refractivity contribution in [2.75, 3.05) is 38.2 Å². The maximum Gasteiger partial charge on any atom is 0.152 e. The minimum absolute atomic E-state index is 0.496. The summed E-state index contributed by atoms with van der Waals surface area (Å²) < 4.78 is 5.47. The fourth-order valence-electron chi connectivity index (χ4n) is 5.86. The maximum absolute atomic E-state index is 6.59. The molecular weight excluding hydrogens is 467 g/mol. The van der Waals surface area contributed by atoms with Gasteiger partial charge >= 0.3 is 0 Å². The Morgan fingerprint density at radius 3 is 2.44 bits per heavy atom. The molecule has 7 heteroatoms. The summed E-state index contributed by atoms with van der Waals surface area (Å²) in [5.74, 6) is 1.31. The molecule has 0 amide bonds. The Hall–Kier alpha value is -1.40. The second kappa shape index (κ2) is 11.6. The largest absolute Gasteiger partial charge is 0.382 e. The van der Waals surface area contributed by atoms with Crippen LogP contribution in [-0.2, 0) is 11.2 Å². The van der Waals surface area contributed by atoms with Crippen molar-refractivity contribution in [3.8, 4) is 11.1 Å². The lowest BCUT2D eigenvalue weighted by Crippen LogP contribution is -2.36. The number of hydrogen-bond donors (Lipinski definition) is 1. The summed E-state index contributed by atoms with van der Waals surface area (Å²) in [4.78, 5) is 11.8. The zero-order chi connectivity index (χ0) is 23.3. The number of rotatable bonds is 7. The Labute approximate surface area is 213 Å². The third-order valence-corrected chi connectivity index (χ3v) is 8.56. The van der Waals surface area contributed by atoms with Crippen LogP contribution in [0.2, 0.25) is 10.2 Å². The van der Waals surface area contributed by atoms with E-state index in [1.54, 1.807) is 6.20 Å². The van der Waals surface area contributed by atoms with E-state index in [1.165, 1.54) is 51.6 Å². The standard InChI is InChI=1S/C27H36Cl2N4O/c28-25-18-30-22(13-19-3-5-23(6-4-19)33-9-1-2-10-33)15-24(25)21-14-26(27(29)32-17-21)31-16-20-7-11-34-12-8-20/h14-15,17-20,23,31H,1-13,16H2. The van der Waals surface area contributed by atoms with E-state index < -0.39 is 0 Å². The van der Waals surface area contributed by atoms with Crippen molar-refractivity contribution < 1.29 is 4.74 Å². The van der Waals surface area contributed by atoms with E-state index in [0.717, 1.165) is 67.6 Å². The van der Waals surface area contributed by atoms with Crippen LogP contribution in [0.5, 0.6) is 0 Å². The minimum atomic E-state index is 0.496. The molecule has 34 heavy (non-hydrogen) atoms. The monoisotopic (exact) mass is 502 g/mol. The summed E-state index contributed by atoms with van der Waals surface area (Å²) in [7, 11) is 0. The highest BCUT2D eigenvalue weighted by atomic mass is 35.5. The number of halogens is 2. The van der Waals surface area contributed by atoms with Gasteiger partial charge in [0, 0.05) is 55.0 Å². The van der Waals surface area contributed by atoms with Crippen LogP contribution >= 0.6 is 23.2 Å². The first-order chi connectivity index (χ1) is 16.7. The van der Waals surface area contributed by atoms with Crippen molar-refractivity contribution in [2.24, 2.45) is 11.8 Å². The molecule has 2 saturated heterocycles. The number of nitrogens with one attached hydrogen (secondary N) is 1. The average molecular weight is 504 g/mol. The van der Waals surface area contributed by atoms with Gasteiger partial charge in [-0.3, -0.25) is 4.98 Å². The number of pyridine rings is 2. The molecule has 1 saturated carbocycles. The molecule has 4 heterocycles. The van der Waals surface area contributed by atoms with Gasteiger partial charge in [-0.1, -0.05) is 23.2 Å². The Balaban J connectivity index is 1.23. The number of aromatic nitrogens is 2. The molecule has 0 unspecified atom stereocenters. The predicted molar refractivity (Wildman–Crippen MR) is 140 cm³/mol. The van der Waals surface area contributed by atoms with Crippen LogP contribution in [0.1, 0.15) is 57.1 Å². The smallest absolute Gasteiger partial charge is 0.152 e. The van der Waals surface area contributed by atoms with Gasteiger partial charge in [-0.25, -0.2) is 4.98 Å². The molecule has 0 bridgehead atoms. The Bertz CT molecular complexity index is 952. The van der Waals surface area contributed by atoms with Crippen LogP contribution < -0.4 is 5.32 Å². The lowest BCUT2D eigenvalue weighted by Gasteiger charge is -2.34. The predicted octanol–water partition coefficient (Wildman–Crippen LogP) is 6.49. The molecule has 1 N–H and O–H groups in total. The molecule has 3 aliphatic rings. The fourth-order valence-corrected chi connectivity index (χ4v) is 6.24. The van der Waals surface area contributed by atoms with E-state index in [9.17, 15) is 0 Å². The van der Waals surface area contributed by atoms with E-state index in [0.29, 0.717) is 22.0 Å². The first-order valence-corrected chi connectivity index (χ1v) is 13.8. The quantitative estimate of drug-likeness (QED) is 0.438. The number of nitrogens with zero attached hydrogens (tertiary/aromatic N) is 3. The van der Waals surface area contributed by atoms with Gasteiger partial charge in [-0.2, -0.15) is 0 Å². The number of hydrogen-bond acceptors (Lipinski definition) is 5. The molecule has 3 fully saturated rings. The zero-order valence-electron chi connectivity index (χ0n) is 19.9. The molecule has 1 aliphatic carbocycles. The van der Waals surface area contributed by atoms with Crippen molar-refractivity contribution >= 4 is 28.9 Å². The second-order valence-electron chi connectivity index (χ2n) is 10.3. The van der Waals surface area contributed by atoms with Gasteiger partial charge in [-0.15, -0.1) is 0 Å². The van der Waals surface area contributed by atoms with Crippen LogP contribution in [0.25, 0.3) is 11.1 Å². The fraction of sp³-hybridized carbons (Fsp3) is 0.630. The summed E-state index contributed by atoms with van der Waals surface area (Å²) in [6.07, 6.45) is 14.8. The van der Waals surface area contributed by atoms with E-state index in [2.05, 4.69) is 32.3 Å². The summed E-state index contributed by atoms with van der Waals surface area (Å²) in [5, 5.41) is 4.66. The molecule has 184 valence electrons. The zero-order valence-corrected chi connectivity index (χ0v) is 21.5. The van der Waals surface area contributed by atoms with E-state index >= 15 is 0 Å². The van der Waals surface area contributed by atoms with Crippen LogP contribution in [0.4, 0.5) is 5.69 Å². The highest BCUT2D eigenvalue weighted by Gasteiger charge is 2.27. The highest BCUT2D eigenvalue weighted by Crippen LogP contribution is 2.35. The number of likely N-dealkylation sites (tertiary alicyclic amines) is 1. The number of ether oxygens (including phenoxy) is 1. The molecular formula is C27H36Cl2N4O. The summed E-state index contributed by atoms with van der Waals surface area (Å²) in [6, 6.07) is 5.03. The molecule has 0 atom stereocenters. The first-order valence-electron chi connectivity index (χ1n) is 13.0. The van der Waals surface area contributed by atoms with Crippen molar-refractivity contribution in [2.45, 2.75) is 63.8 Å². The first kappa shape index (κ1) is 24.3. The maximum atomic E-state index is 6.59. The van der Waals surface area contributed by atoms with E-state index in [4.69, 9.17) is 27.9 Å². The molecule has 0 radical (unpaired) electrons. The molecule has 5 rings (SSSR count). The van der Waals surface area contributed by atoms with Gasteiger partial charge in [0.05, 0.1) is 10.7 Å². The van der Waals surface area contributed by atoms with Gasteiger partial charge in [-0.05, 0) is 94.8 Å². The van der Waals surface area contributed by atoms with Crippen LogP contribution in [-0.4, -0.2) is 53.8 Å². The normalized spacial score (nSPS) is 24.4. The molecule has 0 aromatic carbocycles. The molecule has 2 aliphatic heterocycles. The lowest BCUT2D eigenvalue weighted by atomic mass is 9.82. The summed E-state index contributed by atoms with van der Waals surface area (Å²) >= 11 is 13.0. The van der Waals surface area contributed by atoms with Crippen LogP contribution in [0.15, 0.2) is 24.5 Å². The second-order valence-corrected chi connectivity index (χ2v) is 11.0. The van der Waals surface area contributed by atoms with Crippen molar-refractivity contribution in [1.82, 2.24) is 14.9 Å². The highest BCUT2D eigenvalue weighted by molar-refractivity contribution is 6.33. The molecule has 5 nitrogen and oxygen atoms in total. The topological polar surface area (TPSA) is 50.3 Å². The molecule has 2 aromatic heterocycles. The average Bonchev–Trinajstić information content (AvgIpc) is 3.41. The summed E-state index contributed by atoms with van der Waals surface area (Å²) in [6.45, 7) is 5.17. The summed E-state index contributed by atoms with van der Waals surface area (Å²) in [5.41, 5.74) is 3.94. The Kier molecular flexibility index (Phi) is 8.26. The van der Waals surface area contributed by atoms with Crippen LogP contribution in [0.3, 0.4) is 0 Å². The van der Waals surface area contributed by atoms with Gasteiger partial charge in [0.25, 0.3) is 0 Å². The van der Waals surface area contributed by atoms with Crippen molar-refractivity contribution in [1.29, 1.82) is 0 Å². The van der Waals surface area contributed by atoms with Gasteiger partial charge in [0.15, 0.2) is 5.15 Å². The SMILES string of the molecule is Clc1cnc(CC2CCC(N3CCCC3)CC2)cc1-c1cnc(Cl)c(NCC2CCOCC2)c1. The van der Waals surface area contributed by atoms with Crippen molar-refractivity contribution in [3.63, 3.8) is 0 Å². The molecule has 0 spiro atoms. The van der Waals surface area contributed by atoms with Crippen LogP contribution in [0, 0.1) is 11.8 Å². The van der Waals surface area contributed by atoms with Gasteiger partial charge in [0.2, 0.25) is 0 Å². The Morgan fingerprint density at radius 1 is 0.912 bits per heavy atom. The van der Waals surface area contributed by atoms with Crippen molar-refractivity contribution in [3.05, 3.63) is 40.4 Å². The third kappa shape index (κ3) is 6.04. The van der Waals surface area contributed by atoms with E-state index in [1.807, 2.05) is 6.20 Å². The number of anilines is 1. The van der Waals surface area contributed by atoms with E-state index in [-0.39, 0.29) is 0 Å². The molecule has 2 aromatic rings. The minimum Gasteiger partial charge on any atom is -0.382 e. The Morgan fingerprint density at radius 2 is 1.68 bits per heavy atom. The van der Waals surface area contributed by atoms with Gasteiger partial charge in [0.1, 0.15) is 0 Å². The lowest BCUT2D eigenvalue weighted by molar-refractivity contribution is 0.0699.